The van der Waals surface area contributed by atoms with Gasteiger partial charge in [-0.05, 0) is 36.4 Å². The lowest BCUT2D eigenvalue weighted by Crippen LogP contribution is -2.28. The van der Waals surface area contributed by atoms with Crippen molar-refractivity contribution < 1.29 is 14.4 Å². The maximum atomic E-state index is 12.7. The van der Waals surface area contributed by atoms with Crippen molar-refractivity contribution in [2.75, 3.05) is 22.1 Å². The fraction of sp³-hybridized carbons (Fsp3) is 0.227. The van der Waals surface area contributed by atoms with Gasteiger partial charge < -0.3 is 15.5 Å². The third-order valence-electron chi connectivity index (χ3n) is 4.80. The van der Waals surface area contributed by atoms with Crippen molar-refractivity contribution in [3.05, 3.63) is 59.6 Å². The molecule has 3 amide bonds. The van der Waals surface area contributed by atoms with Crippen molar-refractivity contribution >= 4 is 57.3 Å². The molecule has 1 saturated heterocycles. The van der Waals surface area contributed by atoms with Gasteiger partial charge in [0.15, 0.2) is 0 Å². The monoisotopic (exact) mass is 467 g/mol. The number of benzene rings is 2. The molecule has 0 aliphatic carbocycles. The zero-order valence-electron chi connectivity index (χ0n) is 17.3. The van der Waals surface area contributed by atoms with Gasteiger partial charge >= 0.3 is 0 Å². The van der Waals surface area contributed by atoms with Crippen molar-refractivity contribution in [1.82, 2.24) is 10.2 Å². The van der Waals surface area contributed by atoms with Crippen LogP contribution < -0.4 is 15.5 Å². The van der Waals surface area contributed by atoms with E-state index in [9.17, 15) is 14.4 Å². The number of carbonyl (C=O) groups is 3. The molecule has 32 heavy (non-hydrogen) atoms. The van der Waals surface area contributed by atoms with E-state index in [2.05, 4.69) is 20.8 Å². The molecule has 1 unspecified atom stereocenters. The number of rotatable bonds is 7. The summed E-state index contributed by atoms with van der Waals surface area (Å²) in [5, 5.41) is 14.9. The van der Waals surface area contributed by atoms with Gasteiger partial charge in [0.1, 0.15) is 5.01 Å². The van der Waals surface area contributed by atoms with Crippen LogP contribution >= 0.6 is 23.1 Å². The highest BCUT2D eigenvalue weighted by molar-refractivity contribution is 7.98. The van der Waals surface area contributed by atoms with Crippen molar-refractivity contribution in [3.8, 4) is 0 Å². The molecule has 4 rings (SSSR count). The summed E-state index contributed by atoms with van der Waals surface area (Å²) in [6.07, 6.45) is 0.134. The predicted octanol–water partition coefficient (Wildman–Crippen LogP) is 3.78. The predicted molar refractivity (Wildman–Crippen MR) is 126 cm³/mol. The molecule has 3 aromatic rings. The average molecular weight is 468 g/mol. The van der Waals surface area contributed by atoms with Crippen LogP contribution in [0.3, 0.4) is 0 Å². The molecule has 164 valence electrons. The van der Waals surface area contributed by atoms with Gasteiger partial charge in [-0.15, -0.1) is 22.0 Å². The summed E-state index contributed by atoms with van der Waals surface area (Å²) in [6, 6.07) is 17.0. The van der Waals surface area contributed by atoms with Gasteiger partial charge in [-0.2, -0.15) is 0 Å². The van der Waals surface area contributed by atoms with Crippen LogP contribution in [-0.4, -0.2) is 34.5 Å². The number of hydrogen-bond acceptors (Lipinski definition) is 7. The summed E-state index contributed by atoms with van der Waals surface area (Å²) in [5.41, 5.74) is 1.34. The molecule has 0 radical (unpaired) electrons. The van der Waals surface area contributed by atoms with Crippen LogP contribution in [0.25, 0.3) is 0 Å². The van der Waals surface area contributed by atoms with Gasteiger partial charge in [0.2, 0.25) is 22.9 Å². The Labute approximate surface area is 193 Å². The van der Waals surface area contributed by atoms with E-state index in [0.29, 0.717) is 28.8 Å². The van der Waals surface area contributed by atoms with E-state index < -0.39 is 5.92 Å². The Morgan fingerprint density at radius 2 is 1.84 bits per heavy atom. The molecule has 1 atom stereocenters. The lowest BCUT2D eigenvalue weighted by molar-refractivity contribution is -0.122. The standard InChI is InChI=1S/C22H21N5O3S2/c1-14(28)23-16-7-9-17(10-8-16)27-12-15(11-20(27)29)21(30)24-22-26-25-19(32-22)13-31-18-5-3-2-4-6-18/h2-10,15H,11-13H2,1H3,(H,23,28)(H,24,26,30). The van der Waals surface area contributed by atoms with Crippen molar-refractivity contribution in [3.63, 3.8) is 0 Å². The first-order valence-electron chi connectivity index (χ1n) is 9.97. The van der Waals surface area contributed by atoms with Gasteiger partial charge in [0.05, 0.1) is 11.7 Å². The Hall–Kier alpha value is -3.24. The summed E-state index contributed by atoms with van der Waals surface area (Å²) in [5.74, 6) is -0.320. The minimum absolute atomic E-state index is 0.116. The van der Waals surface area contributed by atoms with E-state index in [-0.39, 0.29) is 24.1 Å². The highest BCUT2D eigenvalue weighted by Gasteiger charge is 2.35. The minimum Gasteiger partial charge on any atom is -0.326 e. The van der Waals surface area contributed by atoms with Gasteiger partial charge in [0.25, 0.3) is 0 Å². The van der Waals surface area contributed by atoms with E-state index in [1.54, 1.807) is 40.9 Å². The molecule has 1 aliphatic heterocycles. The first-order valence-corrected chi connectivity index (χ1v) is 11.8. The summed E-state index contributed by atoms with van der Waals surface area (Å²) in [7, 11) is 0. The maximum absolute atomic E-state index is 12.7. The van der Waals surface area contributed by atoms with Gasteiger partial charge in [0, 0.05) is 36.2 Å². The lowest BCUT2D eigenvalue weighted by Gasteiger charge is -2.17. The first kappa shape index (κ1) is 22.0. The second-order valence-corrected chi connectivity index (χ2v) is 9.34. The van der Waals surface area contributed by atoms with E-state index in [0.717, 1.165) is 9.90 Å². The summed E-state index contributed by atoms with van der Waals surface area (Å²) < 4.78 is 0. The Morgan fingerprint density at radius 3 is 2.56 bits per heavy atom. The van der Waals surface area contributed by atoms with Crippen molar-refractivity contribution in [2.24, 2.45) is 5.92 Å². The fourth-order valence-corrected chi connectivity index (χ4v) is 4.94. The smallest absolute Gasteiger partial charge is 0.231 e. The van der Waals surface area contributed by atoms with Crippen molar-refractivity contribution in [1.29, 1.82) is 0 Å². The summed E-state index contributed by atoms with van der Waals surface area (Å²) in [6.45, 7) is 1.73. The number of aromatic nitrogens is 2. The van der Waals surface area contributed by atoms with Crippen LogP contribution in [-0.2, 0) is 20.1 Å². The van der Waals surface area contributed by atoms with E-state index in [4.69, 9.17) is 0 Å². The third kappa shape index (κ3) is 5.51. The Bertz CT molecular complexity index is 1120. The van der Waals surface area contributed by atoms with Crippen LogP contribution in [0.1, 0.15) is 18.4 Å². The number of nitrogens with zero attached hydrogens (tertiary/aromatic N) is 3. The second kappa shape index (κ2) is 9.92. The number of carbonyl (C=O) groups excluding carboxylic acids is 3. The average Bonchev–Trinajstić information content (AvgIpc) is 3.39. The minimum atomic E-state index is -0.469. The third-order valence-corrected chi connectivity index (χ3v) is 6.84. The van der Waals surface area contributed by atoms with Crippen LogP contribution in [0.4, 0.5) is 16.5 Å². The lowest BCUT2D eigenvalue weighted by atomic mass is 10.1. The molecule has 8 nitrogen and oxygen atoms in total. The van der Waals surface area contributed by atoms with Gasteiger partial charge in [-0.25, -0.2) is 0 Å². The van der Waals surface area contributed by atoms with E-state index in [1.165, 1.54) is 18.3 Å². The number of hydrogen-bond donors (Lipinski definition) is 2. The Morgan fingerprint density at radius 1 is 1.09 bits per heavy atom. The molecule has 0 spiro atoms. The van der Waals surface area contributed by atoms with Gasteiger partial charge in [-0.3, -0.25) is 14.4 Å². The number of amides is 3. The summed E-state index contributed by atoms with van der Waals surface area (Å²) >= 11 is 2.99. The zero-order valence-corrected chi connectivity index (χ0v) is 18.9. The van der Waals surface area contributed by atoms with E-state index in [1.807, 2.05) is 30.3 Å². The zero-order chi connectivity index (χ0) is 22.5. The van der Waals surface area contributed by atoms with Crippen LogP contribution in [0.15, 0.2) is 59.5 Å². The second-order valence-electron chi connectivity index (χ2n) is 7.23. The molecule has 2 aromatic carbocycles. The maximum Gasteiger partial charge on any atom is 0.231 e. The molecular weight excluding hydrogens is 446 g/mol. The molecule has 2 N–H and O–H groups in total. The molecule has 0 bridgehead atoms. The molecule has 1 aromatic heterocycles. The highest BCUT2D eigenvalue weighted by Crippen LogP contribution is 2.29. The molecular formula is C22H21N5O3S2. The topological polar surface area (TPSA) is 104 Å². The molecule has 1 fully saturated rings. The highest BCUT2D eigenvalue weighted by atomic mass is 32.2. The number of nitrogens with one attached hydrogen (secondary N) is 2. The molecule has 1 aliphatic rings. The van der Waals surface area contributed by atoms with E-state index >= 15 is 0 Å². The van der Waals surface area contributed by atoms with Crippen LogP contribution in [0.5, 0.6) is 0 Å². The van der Waals surface area contributed by atoms with Crippen molar-refractivity contribution in [2.45, 2.75) is 24.0 Å². The molecule has 10 heteroatoms. The Kier molecular flexibility index (Phi) is 6.81. The molecule has 0 saturated carbocycles. The van der Waals surface area contributed by atoms with Crippen LogP contribution in [0.2, 0.25) is 0 Å². The normalized spacial score (nSPS) is 15.6. The molecule has 2 heterocycles. The van der Waals surface area contributed by atoms with Gasteiger partial charge in [-0.1, -0.05) is 29.5 Å². The number of anilines is 3. The SMILES string of the molecule is CC(=O)Nc1ccc(N2CC(C(=O)Nc3nnc(CSc4ccccc4)s3)CC2=O)cc1. The first-order chi connectivity index (χ1) is 15.5. The fourth-order valence-electron chi connectivity index (χ4n) is 3.29. The van der Waals surface area contributed by atoms with Crippen LogP contribution in [0, 0.1) is 5.92 Å². The Balaban J connectivity index is 1.32. The number of thioether (sulfide) groups is 1. The summed E-state index contributed by atoms with van der Waals surface area (Å²) in [4.78, 5) is 39.1. The largest absolute Gasteiger partial charge is 0.326 e. The quantitative estimate of drug-likeness (QED) is 0.513.